The third-order valence-corrected chi connectivity index (χ3v) is 3.39. The molecule has 0 aliphatic heterocycles. The van der Waals surface area contributed by atoms with Gasteiger partial charge in [0, 0.05) is 42.5 Å². The summed E-state index contributed by atoms with van der Waals surface area (Å²) in [7, 11) is 1.56. The molecule has 1 amide bonds. The van der Waals surface area contributed by atoms with Crippen LogP contribution in [-0.4, -0.2) is 27.6 Å². The third kappa shape index (κ3) is 3.55. The summed E-state index contributed by atoms with van der Waals surface area (Å²) in [6.45, 7) is 0.418. The van der Waals surface area contributed by atoms with Crippen molar-refractivity contribution in [2.45, 2.75) is 6.54 Å². The van der Waals surface area contributed by atoms with Crippen molar-refractivity contribution in [2.24, 2.45) is 0 Å². The number of imidazole rings is 1. The Labute approximate surface area is 133 Å². The molecular formula is C17H16N4O2. The lowest BCUT2D eigenvalue weighted by molar-refractivity contribution is 0.0951. The summed E-state index contributed by atoms with van der Waals surface area (Å²) in [5.41, 5.74) is 2.49. The maximum atomic E-state index is 12.2. The topological polar surface area (TPSA) is 69.0 Å². The molecular weight excluding hydrogens is 292 g/mol. The first-order valence-corrected chi connectivity index (χ1v) is 7.12. The minimum absolute atomic E-state index is 0.127. The van der Waals surface area contributed by atoms with Crippen LogP contribution in [0.5, 0.6) is 5.88 Å². The van der Waals surface area contributed by atoms with Crippen LogP contribution in [-0.2, 0) is 6.54 Å². The van der Waals surface area contributed by atoms with Crippen molar-refractivity contribution in [3.05, 3.63) is 72.4 Å². The molecule has 0 aliphatic carbocycles. The van der Waals surface area contributed by atoms with E-state index >= 15 is 0 Å². The minimum Gasteiger partial charge on any atom is -0.481 e. The Morgan fingerprint density at radius 1 is 1.22 bits per heavy atom. The van der Waals surface area contributed by atoms with E-state index in [1.807, 2.05) is 29.0 Å². The summed E-state index contributed by atoms with van der Waals surface area (Å²) in [5, 5.41) is 2.88. The molecule has 0 fully saturated rings. The molecule has 6 nitrogen and oxygen atoms in total. The Balaban J connectivity index is 1.64. The van der Waals surface area contributed by atoms with Gasteiger partial charge >= 0.3 is 0 Å². The third-order valence-electron chi connectivity index (χ3n) is 3.39. The quantitative estimate of drug-likeness (QED) is 0.784. The molecule has 1 N–H and O–H groups in total. The molecule has 0 aliphatic rings. The smallest absolute Gasteiger partial charge is 0.251 e. The van der Waals surface area contributed by atoms with Gasteiger partial charge in [0.2, 0.25) is 5.88 Å². The van der Waals surface area contributed by atoms with Crippen molar-refractivity contribution < 1.29 is 9.53 Å². The monoisotopic (exact) mass is 308 g/mol. The number of nitrogens with zero attached hydrogens (tertiary/aromatic N) is 3. The van der Waals surface area contributed by atoms with Crippen LogP contribution < -0.4 is 10.1 Å². The van der Waals surface area contributed by atoms with Gasteiger partial charge in [-0.15, -0.1) is 0 Å². The molecule has 3 rings (SSSR count). The molecule has 23 heavy (non-hydrogen) atoms. The lowest BCUT2D eigenvalue weighted by atomic mass is 10.2. The van der Waals surface area contributed by atoms with Crippen LogP contribution in [0.15, 0.2) is 61.3 Å². The highest BCUT2D eigenvalue weighted by molar-refractivity contribution is 5.94. The van der Waals surface area contributed by atoms with E-state index in [4.69, 9.17) is 4.74 Å². The molecule has 0 radical (unpaired) electrons. The van der Waals surface area contributed by atoms with E-state index in [9.17, 15) is 4.79 Å². The Kier molecular flexibility index (Phi) is 4.33. The molecule has 116 valence electrons. The maximum absolute atomic E-state index is 12.2. The number of ether oxygens (including phenoxy) is 1. The van der Waals surface area contributed by atoms with Gasteiger partial charge in [-0.1, -0.05) is 0 Å². The van der Waals surface area contributed by atoms with Crippen molar-refractivity contribution in [2.75, 3.05) is 7.11 Å². The molecule has 2 aromatic heterocycles. The van der Waals surface area contributed by atoms with E-state index in [1.54, 1.807) is 44.0 Å². The van der Waals surface area contributed by atoms with E-state index in [0.717, 1.165) is 11.3 Å². The summed E-state index contributed by atoms with van der Waals surface area (Å²) in [6.07, 6.45) is 6.93. The van der Waals surface area contributed by atoms with Gasteiger partial charge in [-0.3, -0.25) is 4.79 Å². The second-order valence-corrected chi connectivity index (χ2v) is 4.91. The Morgan fingerprint density at radius 3 is 2.74 bits per heavy atom. The number of carbonyl (C=O) groups excluding carboxylic acids is 1. The van der Waals surface area contributed by atoms with Crippen LogP contribution in [0.1, 0.15) is 15.9 Å². The Morgan fingerprint density at radius 2 is 2.04 bits per heavy atom. The van der Waals surface area contributed by atoms with Crippen LogP contribution in [0.3, 0.4) is 0 Å². The lowest BCUT2D eigenvalue weighted by Gasteiger charge is -2.07. The summed E-state index contributed by atoms with van der Waals surface area (Å²) >= 11 is 0. The summed E-state index contributed by atoms with van der Waals surface area (Å²) in [4.78, 5) is 20.2. The zero-order valence-electron chi connectivity index (χ0n) is 12.6. The number of carbonyl (C=O) groups is 1. The molecule has 1 aromatic carbocycles. The highest BCUT2D eigenvalue weighted by Gasteiger charge is 2.06. The van der Waals surface area contributed by atoms with Gasteiger partial charge in [0.1, 0.15) is 0 Å². The first-order chi connectivity index (χ1) is 11.3. The Bertz CT molecular complexity index is 783. The molecule has 0 saturated heterocycles. The summed E-state index contributed by atoms with van der Waals surface area (Å²) in [5.74, 6) is 0.402. The number of hydrogen-bond acceptors (Lipinski definition) is 4. The first-order valence-electron chi connectivity index (χ1n) is 7.12. The number of rotatable bonds is 5. The number of methoxy groups -OCH3 is 1. The van der Waals surface area contributed by atoms with E-state index in [1.165, 1.54) is 0 Å². The van der Waals surface area contributed by atoms with Crippen molar-refractivity contribution in [3.63, 3.8) is 0 Å². The van der Waals surface area contributed by atoms with Crippen molar-refractivity contribution in [1.82, 2.24) is 19.9 Å². The standard InChI is InChI=1S/C17H16N4O2/c1-23-16-10-13(6-7-19-16)11-20-17(22)14-2-4-15(5-3-14)21-9-8-18-12-21/h2-10,12H,11H2,1H3,(H,20,22). The molecule has 0 unspecified atom stereocenters. The van der Waals surface area contributed by atoms with Crippen LogP contribution in [0, 0.1) is 0 Å². The fraction of sp³-hybridized carbons (Fsp3) is 0.118. The first kappa shape index (κ1) is 14.8. The van der Waals surface area contributed by atoms with Crippen LogP contribution in [0.2, 0.25) is 0 Å². The number of benzene rings is 1. The van der Waals surface area contributed by atoms with E-state index in [2.05, 4.69) is 15.3 Å². The second-order valence-electron chi connectivity index (χ2n) is 4.91. The highest BCUT2D eigenvalue weighted by atomic mass is 16.5. The number of hydrogen-bond donors (Lipinski definition) is 1. The number of nitrogens with one attached hydrogen (secondary N) is 1. The summed E-state index contributed by atoms with van der Waals surface area (Å²) < 4.78 is 6.94. The number of pyridine rings is 1. The lowest BCUT2D eigenvalue weighted by Crippen LogP contribution is -2.22. The maximum Gasteiger partial charge on any atom is 0.251 e. The average molecular weight is 308 g/mol. The van der Waals surface area contributed by atoms with E-state index in [-0.39, 0.29) is 5.91 Å². The Hall–Kier alpha value is -3.15. The van der Waals surface area contributed by atoms with Gasteiger partial charge in [0.25, 0.3) is 5.91 Å². The number of amides is 1. The zero-order chi connectivity index (χ0) is 16.1. The predicted octanol–water partition coefficient (Wildman–Crippen LogP) is 2.21. The van der Waals surface area contributed by atoms with Gasteiger partial charge in [-0.05, 0) is 35.9 Å². The molecule has 0 spiro atoms. The number of aromatic nitrogens is 3. The normalized spacial score (nSPS) is 10.3. The van der Waals surface area contributed by atoms with Gasteiger partial charge < -0.3 is 14.6 Å². The largest absolute Gasteiger partial charge is 0.481 e. The minimum atomic E-state index is -0.127. The second kappa shape index (κ2) is 6.74. The van der Waals surface area contributed by atoms with Gasteiger partial charge in [0.05, 0.1) is 13.4 Å². The molecule has 0 atom stereocenters. The summed E-state index contributed by atoms with van der Waals surface area (Å²) in [6, 6.07) is 11.0. The van der Waals surface area contributed by atoms with E-state index in [0.29, 0.717) is 18.0 Å². The van der Waals surface area contributed by atoms with Crippen molar-refractivity contribution in [3.8, 4) is 11.6 Å². The molecule has 3 aromatic rings. The highest BCUT2D eigenvalue weighted by Crippen LogP contribution is 2.11. The van der Waals surface area contributed by atoms with Gasteiger partial charge in [-0.25, -0.2) is 9.97 Å². The SMILES string of the molecule is COc1cc(CNC(=O)c2ccc(-n3ccnc3)cc2)ccn1. The van der Waals surface area contributed by atoms with Crippen LogP contribution in [0.25, 0.3) is 5.69 Å². The van der Waals surface area contributed by atoms with Crippen molar-refractivity contribution in [1.29, 1.82) is 0 Å². The van der Waals surface area contributed by atoms with Gasteiger partial charge in [-0.2, -0.15) is 0 Å². The predicted molar refractivity (Wildman–Crippen MR) is 85.5 cm³/mol. The molecule has 0 bridgehead atoms. The average Bonchev–Trinajstić information content (AvgIpc) is 3.14. The fourth-order valence-corrected chi connectivity index (χ4v) is 2.15. The van der Waals surface area contributed by atoms with Crippen molar-refractivity contribution >= 4 is 5.91 Å². The molecule has 2 heterocycles. The zero-order valence-corrected chi connectivity index (χ0v) is 12.6. The van der Waals surface area contributed by atoms with Gasteiger partial charge in [0.15, 0.2) is 0 Å². The molecule has 0 saturated carbocycles. The van der Waals surface area contributed by atoms with Crippen LogP contribution >= 0.6 is 0 Å². The van der Waals surface area contributed by atoms with Crippen LogP contribution in [0.4, 0.5) is 0 Å². The fourth-order valence-electron chi connectivity index (χ4n) is 2.15. The molecule has 6 heteroatoms. The van der Waals surface area contributed by atoms with E-state index < -0.39 is 0 Å².